The van der Waals surface area contributed by atoms with Crippen molar-refractivity contribution in [2.24, 2.45) is 0 Å². The fraction of sp³-hybridized carbons (Fsp3) is 0.438. The van der Waals surface area contributed by atoms with Crippen LogP contribution in [0.2, 0.25) is 10.0 Å². The lowest BCUT2D eigenvalue weighted by molar-refractivity contribution is -0.137. The lowest BCUT2D eigenvalue weighted by Gasteiger charge is -2.32. The van der Waals surface area contributed by atoms with Crippen LogP contribution >= 0.6 is 23.2 Å². The number of carbonyl (C=O) groups excluding carboxylic acids is 1. The molecule has 1 saturated heterocycles. The Kier molecular flexibility index (Phi) is 7.24. The van der Waals surface area contributed by atoms with Crippen LogP contribution in [0.3, 0.4) is 0 Å². The van der Waals surface area contributed by atoms with Gasteiger partial charge in [0.25, 0.3) is 0 Å². The van der Waals surface area contributed by atoms with Crippen LogP contribution in [0.1, 0.15) is 18.4 Å². The standard InChI is InChI=1S/C16H18Cl2F3N3O3S/c1-2-28(26,27)23-11-3-5-24(6-4-11)14(25)9-22-13-8-10(16(19,20)21)7-12(17)15(13)18/h2,7-8,11,22-23H,1,3-6,9H2. The molecule has 1 aromatic rings. The number of anilines is 1. The normalized spacial score (nSPS) is 16.1. The maximum atomic E-state index is 12.9. The maximum Gasteiger partial charge on any atom is 0.416 e. The van der Waals surface area contributed by atoms with E-state index >= 15 is 0 Å². The smallest absolute Gasteiger partial charge is 0.375 e. The minimum absolute atomic E-state index is 0.0940. The first kappa shape index (κ1) is 22.8. The van der Waals surface area contributed by atoms with Gasteiger partial charge in [0, 0.05) is 24.5 Å². The van der Waals surface area contributed by atoms with E-state index in [1.54, 1.807) is 0 Å². The van der Waals surface area contributed by atoms with Crippen LogP contribution in [0.4, 0.5) is 18.9 Å². The van der Waals surface area contributed by atoms with Gasteiger partial charge in [-0.05, 0) is 25.0 Å². The minimum atomic E-state index is -4.60. The van der Waals surface area contributed by atoms with Gasteiger partial charge in [0.05, 0.1) is 27.8 Å². The van der Waals surface area contributed by atoms with E-state index in [0.717, 1.165) is 11.5 Å². The van der Waals surface area contributed by atoms with Crippen LogP contribution in [-0.4, -0.2) is 44.9 Å². The van der Waals surface area contributed by atoms with Crippen LogP contribution in [0.25, 0.3) is 0 Å². The average molecular weight is 460 g/mol. The molecule has 0 unspecified atom stereocenters. The zero-order chi connectivity index (χ0) is 21.1. The zero-order valence-electron chi connectivity index (χ0n) is 14.5. The second kappa shape index (κ2) is 8.89. The maximum absolute atomic E-state index is 12.9. The summed E-state index contributed by atoms with van der Waals surface area (Å²) in [7, 11) is -3.55. The Morgan fingerprint density at radius 2 is 1.89 bits per heavy atom. The Morgan fingerprint density at radius 1 is 1.29 bits per heavy atom. The molecule has 0 spiro atoms. The number of alkyl halides is 3. The lowest BCUT2D eigenvalue weighted by atomic mass is 10.1. The summed E-state index contributed by atoms with van der Waals surface area (Å²) in [4.78, 5) is 13.8. The molecule has 6 nitrogen and oxygen atoms in total. The number of benzene rings is 1. The summed E-state index contributed by atoms with van der Waals surface area (Å²) in [5, 5.41) is 3.02. The molecule has 0 radical (unpaired) electrons. The van der Waals surface area contributed by atoms with Gasteiger partial charge in [-0.2, -0.15) is 13.2 Å². The minimum Gasteiger partial charge on any atom is -0.375 e. The van der Waals surface area contributed by atoms with Crippen molar-refractivity contribution in [3.63, 3.8) is 0 Å². The fourth-order valence-electron chi connectivity index (χ4n) is 2.69. The highest BCUT2D eigenvalue weighted by Gasteiger charge is 2.32. The Hall–Kier alpha value is -1.49. The van der Waals surface area contributed by atoms with Gasteiger partial charge in [0.15, 0.2) is 0 Å². The summed E-state index contributed by atoms with van der Waals surface area (Å²) < 4.78 is 64.1. The van der Waals surface area contributed by atoms with Crippen LogP contribution in [0, 0.1) is 0 Å². The third kappa shape index (κ3) is 6.00. The molecular weight excluding hydrogens is 442 g/mol. The highest BCUT2D eigenvalue weighted by atomic mass is 35.5. The first-order valence-corrected chi connectivity index (χ1v) is 10.5. The van der Waals surface area contributed by atoms with Gasteiger partial charge in [0.2, 0.25) is 15.9 Å². The molecule has 0 aliphatic carbocycles. The van der Waals surface area contributed by atoms with Gasteiger partial charge >= 0.3 is 6.18 Å². The molecule has 2 rings (SSSR count). The second-order valence-corrected chi connectivity index (χ2v) is 8.60. The molecule has 12 heteroatoms. The van der Waals surface area contributed by atoms with E-state index in [1.165, 1.54) is 4.90 Å². The lowest BCUT2D eigenvalue weighted by Crippen LogP contribution is -2.47. The number of carbonyl (C=O) groups is 1. The van der Waals surface area contributed by atoms with E-state index < -0.39 is 21.8 Å². The van der Waals surface area contributed by atoms with Crippen LogP contribution in [0.15, 0.2) is 24.1 Å². The van der Waals surface area contributed by atoms with Crippen LogP contribution < -0.4 is 10.0 Å². The predicted molar refractivity (Wildman–Crippen MR) is 102 cm³/mol. The van der Waals surface area contributed by atoms with E-state index in [2.05, 4.69) is 16.6 Å². The molecule has 1 aliphatic heterocycles. The van der Waals surface area contributed by atoms with Crippen molar-refractivity contribution in [1.29, 1.82) is 0 Å². The van der Waals surface area contributed by atoms with Gasteiger partial charge in [-0.1, -0.05) is 29.8 Å². The summed E-state index contributed by atoms with van der Waals surface area (Å²) in [6, 6.07) is 1.20. The molecule has 0 aromatic heterocycles. The van der Waals surface area contributed by atoms with Crippen molar-refractivity contribution in [2.45, 2.75) is 25.1 Å². The molecule has 1 heterocycles. The van der Waals surface area contributed by atoms with E-state index in [9.17, 15) is 26.4 Å². The zero-order valence-corrected chi connectivity index (χ0v) is 16.9. The van der Waals surface area contributed by atoms with Crippen molar-refractivity contribution in [2.75, 3.05) is 25.0 Å². The molecule has 0 bridgehead atoms. The first-order chi connectivity index (χ1) is 12.9. The molecule has 0 atom stereocenters. The van der Waals surface area contributed by atoms with Gasteiger partial charge in [-0.25, -0.2) is 13.1 Å². The van der Waals surface area contributed by atoms with E-state index in [4.69, 9.17) is 23.2 Å². The Morgan fingerprint density at radius 3 is 2.43 bits per heavy atom. The molecule has 28 heavy (non-hydrogen) atoms. The summed E-state index contributed by atoms with van der Waals surface area (Å²) in [5.41, 5.74) is -1.07. The molecule has 1 amide bonds. The molecule has 1 aliphatic rings. The summed E-state index contributed by atoms with van der Waals surface area (Å²) >= 11 is 11.7. The highest BCUT2D eigenvalue weighted by Crippen LogP contribution is 2.38. The van der Waals surface area contributed by atoms with Crippen molar-refractivity contribution in [1.82, 2.24) is 9.62 Å². The van der Waals surface area contributed by atoms with Gasteiger partial charge < -0.3 is 10.2 Å². The topological polar surface area (TPSA) is 78.5 Å². The average Bonchev–Trinajstić information content (AvgIpc) is 2.62. The van der Waals surface area contributed by atoms with Crippen LogP contribution in [-0.2, 0) is 21.0 Å². The predicted octanol–water partition coefficient (Wildman–Crippen LogP) is 3.48. The molecular formula is C16H18Cl2F3N3O3S. The monoisotopic (exact) mass is 459 g/mol. The van der Waals surface area contributed by atoms with Gasteiger partial charge in [0.1, 0.15) is 0 Å². The Balaban J connectivity index is 1.95. The summed E-state index contributed by atoms with van der Waals surface area (Å²) in [6.07, 6.45) is -3.78. The Bertz CT molecular complexity index is 855. The Labute approximate surface area is 170 Å². The number of likely N-dealkylation sites (tertiary alicyclic amines) is 1. The number of hydrogen-bond acceptors (Lipinski definition) is 4. The number of piperidine rings is 1. The molecule has 1 aromatic carbocycles. The third-order valence-corrected chi connectivity index (χ3v) is 6.09. The molecule has 1 fully saturated rings. The number of rotatable bonds is 6. The van der Waals surface area contributed by atoms with Crippen molar-refractivity contribution < 1.29 is 26.4 Å². The van der Waals surface area contributed by atoms with E-state index in [0.29, 0.717) is 32.0 Å². The largest absolute Gasteiger partial charge is 0.416 e. The third-order valence-electron chi connectivity index (χ3n) is 4.18. The second-order valence-electron chi connectivity index (χ2n) is 6.16. The van der Waals surface area contributed by atoms with Crippen molar-refractivity contribution in [3.05, 3.63) is 39.7 Å². The number of hydrogen-bond donors (Lipinski definition) is 2. The fourth-order valence-corrected chi connectivity index (χ4v) is 3.88. The first-order valence-electron chi connectivity index (χ1n) is 8.15. The molecule has 2 N–H and O–H groups in total. The molecule has 0 saturated carbocycles. The van der Waals surface area contributed by atoms with E-state index in [1.807, 2.05) is 0 Å². The summed E-state index contributed by atoms with van der Waals surface area (Å²) in [6.45, 7) is 3.55. The number of sulfonamides is 1. The highest BCUT2D eigenvalue weighted by molar-refractivity contribution is 7.92. The van der Waals surface area contributed by atoms with Crippen molar-refractivity contribution >= 4 is 44.8 Å². The van der Waals surface area contributed by atoms with Crippen LogP contribution in [0.5, 0.6) is 0 Å². The van der Waals surface area contributed by atoms with E-state index in [-0.39, 0.29) is 34.2 Å². The van der Waals surface area contributed by atoms with Gasteiger partial charge in [-0.3, -0.25) is 4.79 Å². The summed E-state index contributed by atoms with van der Waals surface area (Å²) in [5.74, 6) is -0.352. The molecule has 156 valence electrons. The van der Waals surface area contributed by atoms with Crippen molar-refractivity contribution in [3.8, 4) is 0 Å². The van der Waals surface area contributed by atoms with Gasteiger partial charge in [-0.15, -0.1) is 0 Å². The number of nitrogens with zero attached hydrogens (tertiary/aromatic N) is 1. The quantitative estimate of drug-likeness (QED) is 0.682. The number of amides is 1. The number of nitrogens with one attached hydrogen (secondary N) is 2. The SMILES string of the molecule is C=CS(=O)(=O)NC1CCN(C(=O)CNc2cc(C(F)(F)F)cc(Cl)c2Cl)CC1. The number of halogens is 5.